The Balaban J connectivity index is 2.15. The SMILES string of the molecule is COc1cccc(OC)c1C1CCN(C(=O)OC(C)(C)C)C1. The highest BCUT2D eigenvalue weighted by Crippen LogP contribution is 2.40. The molecule has 1 aliphatic heterocycles. The van der Waals surface area contributed by atoms with Crippen LogP contribution in [0.2, 0.25) is 0 Å². The van der Waals surface area contributed by atoms with E-state index >= 15 is 0 Å². The van der Waals surface area contributed by atoms with E-state index in [1.165, 1.54) is 0 Å². The van der Waals surface area contributed by atoms with E-state index in [0.717, 1.165) is 23.5 Å². The number of carbonyl (C=O) groups excluding carboxylic acids is 1. The second kappa shape index (κ2) is 6.46. The van der Waals surface area contributed by atoms with Gasteiger partial charge in [-0.3, -0.25) is 0 Å². The first-order chi connectivity index (χ1) is 10.4. The fraction of sp³-hybridized carbons (Fsp3) is 0.588. The average molecular weight is 307 g/mol. The number of rotatable bonds is 3. The van der Waals surface area contributed by atoms with Gasteiger partial charge in [0.15, 0.2) is 0 Å². The van der Waals surface area contributed by atoms with Gasteiger partial charge in [-0.05, 0) is 39.3 Å². The van der Waals surface area contributed by atoms with Gasteiger partial charge in [0.05, 0.1) is 14.2 Å². The molecule has 1 fully saturated rings. The molecule has 0 N–H and O–H groups in total. The molecule has 1 amide bonds. The van der Waals surface area contributed by atoms with E-state index in [4.69, 9.17) is 14.2 Å². The standard InChI is InChI=1S/C17H25NO4/c1-17(2,3)22-16(19)18-10-9-12(11-18)15-13(20-4)7-6-8-14(15)21-5/h6-8,12H,9-11H2,1-5H3. The van der Waals surface area contributed by atoms with Gasteiger partial charge in [0.1, 0.15) is 17.1 Å². The maximum atomic E-state index is 12.2. The lowest BCUT2D eigenvalue weighted by Crippen LogP contribution is -2.35. The molecule has 22 heavy (non-hydrogen) atoms. The first-order valence-electron chi connectivity index (χ1n) is 7.54. The zero-order valence-electron chi connectivity index (χ0n) is 14.0. The Kier molecular flexibility index (Phi) is 4.84. The van der Waals surface area contributed by atoms with Gasteiger partial charge in [-0.2, -0.15) is 0 Å². The summed E-state index contributed by atoms with van der Waals surface area (Å²) in [5.74, 6) is 1.80. The molecule has 1 heterocycles. The van der Waals surface area contributed by atoms with Gasteiger partial charge in [-0.15, -0.1) is 0 Å². The first kappa shape index (κ1) is 16.5. The second-order valence-electron chi connectivity index (χ2n) is 6.49. The molecular weight excluding hydrogens is 282 g/mol. The summed E-state index contributed by atoms with van der Waals surface area (Å²) < 4.78 is 16.4. The third kappa shape index (κ3) is 3.64. The lowest BCUT2D eigenvalue weighted by molar-refractivity contribution is 0.0292. The van der Waals surface area contributed by atoms with Crippen molar-refractivity contribution in [2.24, 2.45) is 0 Å². The lowest BCUT2D eigenvalue weighted by Gasteiger charge is -2.24. The largest absolute Gasteiger partial charge is 0.496 e. The summed E-state index contributed by atoms with van der Waals surface area (Å²) in [5, 5.41) is 0. The van der Waals surface area contributed by atoms with Crippen LogP contribution in [0.1, 0.15) is 38.7 Å². The molecule has 1 aromatic carbocycles. The average Bonchev–Trinajstić information content (AvgIpc) is 2.94. The van der Waals surface area contributed by atoms with Crippen molar-refractivity contribution in [3.05, 3.63) is 23.8 Å². The van der Waals surface area contributed by atoms with Crippen molar-refractivity contribution in [1.82, 2.24) is 4.90 Å². The zero-order chi connectivity index (χ0) is 16.3. The fourth-order valence-corrected chi connectivity index (χ4v) is 2.77. The molecule has 0 aliphatic carbocycles. The van der Waals surface area contributed by atoms with Crippen molar-refractivity contribution in [1.29, 1.82) is 0 Å². The highest BCUT2D eigenvalue weighted by atomic mass is 16.6. The van der Waals surface area contributed by atoms with Crippen LogP contribution in [0.4, 0.5) is 4.79 Å². The predicted molar refractivity (Wildman–Crippen MR) is 84.7 cm³/mol. The highest BCUT2D eigenvalue weighted by molar-refractivity contribution is 5.69. The summed E-state index contributed by atoms with van der Waals surface area (Å²) in [5.41, 5.74) is 0.552. The number of ether oxygens (including phenoxy) is 3. The molecule has 1 aromatic rings. The summed E-state index contributed by atoms with van der Waals surface area (Å²) in [6.45, 7) is 6.93. The van der Waals surface area contributed by atoms with Gasteiger partial charge in [0.2, 0.25) is 0 Å². The first-order valence-corrected chi connectivity index (χ1v) is 7.54. The minimum Gasteiger partial charge on any atom is -0.496 e. The molecule has 0 radical (unpaired) electrons. The van der Waals surface area contributed by atoms with E-state index in [9.17, 15) is 4.79 Å². The van der Waals surface area contributed by atoms with Crippen LogP contribution in [0, 0.1) is 0 Å². The lowest BCUT2D eigenvalue weighted by atomic mass is 9.96. The monoisotopic (exact) mass is 307 g/mol. The molecule has 122 valence electrons. The topological polar surface area (TPSA) is 48.0 Å². The van der Waals surface area contributed by atoms with E-state index in [0.29, 0.717) is 13.1 Å². The molecule has 0 saturated carbocycles. The number of likely N-dealkylation sites (tertiary alicyclic amines) is 1. The van der Waals surface area contributed by atoms with Crippen LogP contribution < -0.4 is 9.47 Å². The molecule has 0 aromatic heterocycles. The Hall–Kier alpha value is -1.91. The zero-order valence-corrected chi connectivity index (χ0v) is 14.0. The normalized spacial score (nSPS) is 18.2. The molecule has 1 aliphatic rings. The van der Waals surface area contributed by atoms with Crippen molar-refractivity contribution in [3.8, 4) is 11.5 Å². The Morgan fingerprint density at radius 3 is 2.27 bits per heavy atom. The maximum Gasteiger partial charge on any atom is 0.410 e. The summed E-state index contributed by atoms with van der Waals surface area (Å²) in [6.07, 6.45) is 0.611. The van der Waals surface area contributed by atoms with E-state index in [1.807, 2.05) is 39.0 Å². The molecule has 5 heteroatoms. The van der Waals surface area contributed by atoms with Crippen molar-refractivity contribution in [3.63, 3.8) is 0 Å². The van der Waals surface area contributed by atoms with Gasteiger partial charge in [-0.25, -0.2) is 4.79 Å². The van der Waals surface area contributed by atoms with Crippen molar-refractivity contribution in [2.75, 3.05) is 27.3 Å². The van der Waals surface area contributed by atoms with Gasteiger partial charge in [0.25, 0.3) is 0 Å². The predicted octanol–water partition coefficient (Wildman–Crippen LogP) is 3.43. The number of methoxy groups -OCH3 is 2. The van der Waals surface area contributed by atoms with E-state index in [-0.39, 0.29) is 12.0 Å². The summed E-state index contributed by atoms with van der Waals surface area (Å²) in [7, 11) is 3.30. The Bertz CT molecular complexity index is 514. The number of carbonyl (C=O) groups is 1. The summed E-state index contributed by atoms with van der Waals surface area (Å²) >= 11 is 0. The van der Waals surface area contributed by atoms with E-state index in [2.05, 4.69) is 0 Å². The Morgan fingerprint density at radius 1 is 1.18 bits per heavy atom. The molecule has 5 nitrogen and oxygen atoms in total. The highest BCUT2D eigenvalue weighted by Gasteiger charge is 2.33. The van der Waals surface area contributed by atoms with Crippen molar-refractivity contribution >= 4 is 6.09 Å². The van der Waals surface area contributed by atoms with Crippen LogP contribution in [-0.2, 0) is 4.74 Å². The van der Waals surface area contributed by atoms with Gasteiger partial charge < -0.3 is 19.1 Å². The molecular formula is C17H25NO4. The van der Waals surface area contributed by atoms with Crippen LogP contribution in [0.25, 0.3) is 0 Å². The van der Waals surface area contributed by atoms with E-state index in [1.54, 1.807) is 19.1 Å². The van der Waals surface area contributed by atoms with Crippen LogP contribution >= 0.6 is 0 Å². The van der Waals surface area contributed by atoms with Crippen LogP contribution in [0.5, 0.6) is 11.5 Å². The Morgan fingerprint density at radius 2 is 1.77 bits per heavy atom. The number of amides is 1. The van der Waals surface area contributed by atoms with E-state index < -0.39 is 5.60 Å². The third-order valence-corrected chi connectivity index (χ3v) is 3.71. The van der Waals surface area contributed by atoms with Gasteiger partial charge in [0, 0.05) is 24.6 Å². The van der Waals surface area contributed by atoms with Crippen molar-refractivity contribution < 1.29 is 19.0 Å². The molecule has 0 bridgehead atoms. The minimum atomic E-state index is -0.475. The molecule has 1 atom stereocenters. The Labute approximate surface area is 132 Å². The molecule has 1 saturated heterocycles. The number of nitrogens with zero attached hydrogens (tertiary/aromatic N) is 1. The van der Waals surface area contributed by atoms with Crippen LogP contribution in [-0.4, -0.2) is 43.9 Å². The second-order valence-corrected chi connectivity index (χ2v) is 6.49. The quantitative estimate of drug-likeness (QED) is 0.858. The van der Waals surface area contributed by atoms with Gasteiger partial charge in [-0.1, -0.05) is 6.07 Å². The third-order valence-electron chi connectivity index (χ3n) is 3.71. The van der Waals surface area contributed by atoms with Crippen LogP contribution in [0.15, 0.2) is 18.2 Å². The smallest absolute Gasteiger partial charge is 0.410 e. The number of hydrogen-bond acceptors (Lipinski definition) is 4. The number of benzene rings is 1. The molecule has 0 spiro atoms. The van der Waals surface area contributed by atoms with Crippen molar-refractivity contribution in [2.45, 2.75) is 38.7 Å². The van der Waals surface area contributed by atoms with Gasteiger partial charge >= 0.3 is 6.09 Å². The fourth-order valence-electron chi connectivity index (χ4n) is 2.77. The number of hydrogen-bond donors (Lipinski definition) is 0. The summed E-state index contributed by atoms with van der Waals surface area (Å²) in [6, 6.07) is 5.75. The maximum absolute atomic E-state index is 12.2. The summed E-state index contributed by atoms with van der Waals surface area (Å²) in [4.78, 5) is 13.9. The minimum absolute atomic E-state index is 0.193. The molecule has 2 rings (SSSR count). The van der Waals surface area contributed by atoms with Crippen LogP contribution in [0.3, 0.4) is 0 Å². The molecule has 1 unspecified atom stereocenters.